The third-order valence-corrected chi connectivity index (χ3v) is 5.96. The average Bonchev–Trinajstić information content (AvgIpc) is 3.11. The van der Waals surface area contributed by atoms with E-state index in [2.05, 4.69) is 33.8 Å². The predicted octanol–water partition coefficient (Wildman–Crippen LogP) is 6.41. The Hall–Kier alpha value is -2.93. The zero-order valence-corrected chi connectivity index (χ0v) is 20.2. The lowest BCUT2D eigenvalue weighted by Crippen LogP contribution is -2.28. The quantitative estimate of drug-likeness (QED) is 0.393. The molecule has 1 aliphatic rings. The lowest BCUT2D eigenvalue weighted by Gasteiger charge is -2.20. The number of hydrogen-bond acceptors (Lipinski definition) is 5. The highest BCUT2D eigenvalue weighted by atomic mass is 35.5. The summed E-state index contributed by atoms with van der Waals surface area (Å²) in [4.78, 5) is 24.5. The summed E-state index contributed by atoms with van der Waals surface area (Å²) < 4.78 is 0. The van der Waals surface area contributed by atoms with Crippen LogP contribution in [0.1, 0.15) is 19.4 Å². The highest BCUT2D eigenvalue weighted by Gasteiger charge is 2.36. The number of halogens is 3. The van der Waals surface area contributed by atoms with Crippen molar-refractivity contribution in [2.75, 3.05) is 23.0 Å². The minimum atomic E-state index is -0.451. The smallest absolute Gasteiger partial charge is 0.299 e. The fraction of sp³-hybridized carbons (Fsp3) is 0.167. The molecule has 1 aliphatic heterocycles. The van der Waals surface area contributed by atoms with E-state index in [4.69, 9.17) is 34.8 Å². The maximum atomic E-state index is 13.5. The largest absolute Gasteiger partial charge is 0.372 e. The van der Waals surface area contributed by atoms with Gasteiger partial charge in [0, 0.05) is 41.8 Å². The minimum Gasteiger partial charge on any atom is -0.372 e. The number of rotatable bonds is 6. The van der Waals surface area contributed by atoms with Crippen LogP contribution in [0.25, 0.3) is 0 Å². The maximum absolute atomic E-state index is 13.5. The number of benzene rings is 2. The summed E-state index contributed by atoms with van der Waals surface area (Å²) in [6.07, 6.45) is 3.27. The molecule has 0 atom stereocenters. The van der Waals surface area contributed by atoms with Gasteiger partial charge in [-0.05, 0) is 62.4 Å². The van der Waals surface area contributed by atoms with Crippen LogP contribution in [-0.4, -0.2) is 35.4 Å². The Labute approximate surface area is 207 Å². The zero-order chi connectivity index (χ0) is 23.5. The van der Waals surface area contributed by atoms with Gasteiger partial charge in [0.2, 0.25) is 0 Å². The first-order chi connectivity index (χ1) is 15.9. The van der Waals surface area contributed by atoms with Crippen molar-refractivity contribution >= 4 is 69.2 Å². The second-order valence-corrected chi connectivity index (χ2v) is 8.43. The Morgan fingerprint density at radius 1 is 1.00 bits per heavy atom. The molecule has 2 aromatic carbocycles. The van der Waals surface area contributed by atoms with Gasteiger partial charge in [-0.3, -0.25) is 9.78 Å². The molecule has 0 saturated carbocycles. The maximum Gasteiger partial charge on any atom is 0.299 e. The number of aromatic nitrogens is 1. The van der Waals surface area contributed by atoms with Crippen molar-refractivity contribution in [1.29, 1.82) is 0 Å². The van der Waals surface area contributed by atoms with Crippen molar-refractivity contribution in [3.05, 3.63) is 81.6 Å². The van der Waals surface area contributed by atoms with Gasteiger partial charge >= 0.3 is 0 Å². The Bertz CT molecular complexity index is 1220. The van der Waals surface area contributed by atoms with E-state index in [-0.39, 0.29) is 21.4 Å². The lowest BCUT2D eigenvalue weighted by molar-refractivity contribution is -0.112. The number of pyridine rings is 1. The third kappa shape index (κ3) is 4.74. The van der Waals surface area contributed by atoms with Crippen molar-refractivity contribution in [2.45, 2.75) is 13.8 Å². The second-order valence-electron chi connectivity index (χ2n) is 7.17. The van der Waals surface area contributed by atoms with Gasteiger partial charge in [-0.15, -0.1) is 0 Å². The molecular formula is C24H20Cl3N5O. The van der Waals surface area contributed by atoms with Crippen LogP contribution in [0.15, 0.2) is 71.0 Å². The molecule has 33 heavy (non-hydrogen) atoms. The summed E-state index contributed by atoms with van der Waals surface area (Å²) in [7, 11) is 0. The molecule has 0 bridgehead atoms. The van der Waals surface area contributed by atoms with E-state index < -0.39 is 5.91 Å². The van der Waals surface area contributed by atoms with Gasteiger partial charge < -0.3 is 4.90 Å². The molecule has 168 valence electrons. The molecule has 3 aromatic rings. The normalized spacial score (nSPS) is 14.7. The molecule has 1 amide bonds. The SMILES string of the molecule is CCN(CC)c1ccc(N=C2C(=O)N(c3c(Cl)cc(Cl)cc3Cl)N=C2c2cccnc2)cc1. The fourth-order valence-corrected chi connectivity index (χ4v) is 4.51. The van der Waals surface area contributed by atoms with Crippen LogP contribution in [0.4, 0.5) is 17.1 Å². The number of hydrogen-bond donors (Lipinski definition) is 0. The van der Waals surface area contributed by atoms with Gasteiger partial charge in [0.1, 0.15) is 11.4 Å². The highest BCUT2D eigenvalue weighted by molar-refractivity contribution is 6.75. The molecule has 2 heterocycles. The molecular weight excluding hydrogens is 481 g/mol. The number of nitrogens with zero attached hydrogens (tertiary/aromatic N) is 5. The molecule has 0 spiro atoms. The highest BCUT2D eigenvalue weighted by Crippen LogP contribution is 2.38. The summed E-state index contributed by atoms with van der Waals surface area (Å²) in [5, 5.41) is 6.46. The van der Waals surface area contributed by atoms with Crippen LogP contribution in [0.2, 0.25) is 15.1 Å². The van der Waals surface area contributed by atoms with Gasteiger partial charge in [-0.25, -0.2) is 4.99 Å². The summed E-state index contributed by atoms with van der Waals surface area (Å²) in [6, 6.07) is 14.3. The van der Waals surface area contributed by atoms with E-state index in [1.807, 2.05) is 30.3 Å². The van der Waals surface area contributed by atoms with Crippen molar-refractivity contribution in [3.63, 3.8) is 0 Å². The van der Waals surface area contributed by atoms with Crippen molar-refractivity contribution in [2.24, 2.45) is 10.1 Å². The van der Waals surface area contributed by atoms with E-state index in [0.29, 0.717) is 22.0 Å². The monoisotopic (exact) mass is 499 g/mol. The van der Waals surface area contributed by atoms with E-state index in [0.717, 1.165) is 23.8 Å². The Balaban J connectivity index is 1.79. The van der Waals surface area contributed by atoms with Crippen LogP contribution in [-0.2, 0) is 4.79 Å². The zero-order valence-electron chi connectivity index (χ0n) is 18.0. The summed E-state index contributed by atoms with van der Waals surface area (Å²) in [6.45, 7) is 6.01. The predicted molar refractivity (Wildman–Crippen MR) is 137 cm³/mol. The first kappa shape index (κ1) is 23.2. The topological polar surface area (TPSA) is 61.2 Å². The molecule has 0 unspecified atom stereocenters. The molecule has 0 fully saturated rings. The van der Waals surface area contributed by atoms with Gasteiger partial charge in [0.05, 0.1) is 15.7 Å². The molecule has 0 aliphatic carbocycles. The lowest BCUT2D eigenvalue weighted by atomic mass is 10.1. The number of carbonyl (C=O) groups is 1. The average molecular weight is 501 g/mol. The summed E-state index contributed by atoms with van der Waals surface area (Å²) >= 11 is 18.8. The molecule has 9 heteroatoms. The minimum absolute atomic E-state index is 0.167. The first-order valence-electron chi connectivity index (χ1n) is 10.3. The van der Waals surface area contributed by atoms with Crippen molar-refractivity contribution < 1.29 is 4.79 Å². The van der Waals surface area contributed by atoms with E-state index in [9.17, 15) is 4.79 Å². The van der Waals surface area contributed by atoms with E-state index in [1.54, 1.807) is 18.5 Å². The summed E-state index contributed by atoms with van der Waals surface area (Å²) in [5.41, 5.74) is 3.15. The molecule has 0 saturated heterocycles. The first-order valence-corrected chi connectivity index (χ1v) is 11.5. The number of hydrazone groups is 1. The Morgan fingerprint density at radius 3 is 2.24 bits per heavy atom. The molecule has 0 N–H and O–H groups in total. The van der Waals surface area contributed by atoms with Crippen molar-refractivity contribution in [3.8, 4) is 0 Å². The van der Waals surface area contributed by atoms with Gasteiger partial charge in [0.25, 0.3) is 5.91 Å². The number of carbonyl (C=O) groups excluding carboxylic acids is 1. The number of aliphatic imine (C=N–C) groups is 1. The standard InChI is InChI=1S/C24H20Cl3N5O/c1-3-31(4-2)18-9-7-17(8-10-18)29-22-21(15-6-5-11-28-14-15)30-32(24(22)33)23-19(26)12-16(25)13-20(23)27/h5-14H,3-4H2,1-2H3. The van der Waals surface area contributed by atoms with Crippen LogP contribution in [0.3, 0.4) is 0 Å². The van der Waals surface area contributed by atoms with Crippen LogP contribution in [0, 0.1) is 0 Å². The van der Waals surface area contributed by atoms with Gasteiger partial charge in [-0.2, -0.15) is 10.1 Å². The molecule has 0 radical (unpaired) electrons. The van der Waals surface area contributed by atoms with Crippen LogP contribution in [0.5, 0.6) is 0 Å². The van der Waals surface area contributed by atoms with E-state index >= 15 is 0 Å². The van der Waals surface area contributed by atoms with Crippen LogP contribution >= 0.6 is 34.8 Å². The summed E-state index contributed by atoms with van der Waals surface area (Å²) in [5.74, 6) is -0.451. The van der Waals surface area contributed by atoms with Gasteiger partial charge in [-0.1, -0.05) is 34.8 Å². The second kappa shape index (κ2) is 9.91. The molecule has 4 rings (SSSR count). The molecule has 6 nitrogen and oxygen atoms in total. The van der Waals surface area contributed by atoms with Crippen molar-refractivity contribution in [1.82, 2.24) is 4.98 Å². The fourth-order valence-electron chi connectivity index (χ4n) is 3.54. The number of anilines is 2. The van der Waals surface area contributed by atoms with Crippen LogP contribution < -0.4 is 9.91 Å². The number of amides is 1. The Kier molecular flexibility index (Phi) is 6.98. The molecule has 1 aromatic heterocycles. The van der Waals surface area contributed by atoms with Gasteiger partial charge in [0.15, 0.2) is 5.71 Å². The third-order valence-electron chi connectivity index (χ3n) is 5.17. The van der Waals surface area contributed by atoms with E-state index in [1.165, 1.54) is 12.1 Å². The Morgan fingerprint density at radius 2 is 1.67 bits per heavy atom.